The van der Waals surface area contributed by atoms with E-state index in [4.69, 9.17) is 25.8 Å². The van der Waals surface area contributed by atoms with Gasteiger partial charge in [0.15, 0.2) is 18.1 Å². The number of para-hydroxylation sites is 1. The maximum Gasteiger partial charge on any atom is 0.258 e. The first-order valence-corrected chi connectivity index (χ1v) is 8.20. The molecule has 0 bridgehead atoms. The summed E-state index contributed by atoms with van der Waals surface area (Å²) in [5.41, 5.74) is 2.73. The van der Waals surface area contributed by atoms with Crippen LogP contribution in [0.3, 0.4) is 0 Å². The standard InChI is InChI=1S/C19H22ClNO4/c1-12-6-5-7-13(2)19(12)25-11-18(22)21-10-14-8-16(23-3)17(24-4)9-15(14)20/h5-9H,10-11H2,1-4H3,(H,21,22). The summed E-state index contributed by atoms with van der Waals surface area (Å²) in [6, 6.07) is 9.26. The molecule has 0 fully saturated rings. The minimum atomic E-state index is -0.228. The van der Waals surface area contributed by atoms with Crippen molar-refractivity contribution in [3.63, 3.8) is 0 Å². The summed E-state index contributed by atoms with van der Waals surface area (Å²) in [5, 5.41) is 3.29. The molecule has 2 aromatic carbocycles. The van der Waals surface area contributed by atoms with Crippen LogP contribution in [-0.4, -0.2) is 26.7 Å². The van der Waals surface area contributed by atoms with Crippen molar-refractivity contribution in [3.8, 4) is 17.2 Å². The average Bonchev–Trinajstić information content (AvgIpc) is 2.59. The first kappa shape index (κ1) is 18.9. The molecule has 0 aliphatic carbocycles. The van der Waals surface area contributed by atoms with Gasteiger partial charge in [0.1, 0.15) is 5.75 Å². The Labute approximate surface area is 152 Å². The van der Waals surface area contributed by atoms with Gasteiger partial charge in [-0.1, -0.05) is 29.8 Å². The van der Waals surface area contributed by atoms with Crippen molar-refractivity contribution in [1.82, 2.24) is 5.32 Å². The van der Waals surface area contributed by atoms with E-state index in [1.165, 1.54) is 0 Å². The second kappa shape index (κ2) is 8.62. The van der Waals surface area contributed by atoms with E-state index in [1.807, 2.05) is 32.0 Å². The molecule has 0 aliphatic rings. The van der Waals surface area contributed by atoms with Gasteiger partial charge in [-0.25, -0.2) is 0 Å². The summed E-state index contributed by atoms with van der Waals surface area (Å²) in [4.78, 5) is 12.1. The van der Waals surface area contributed by atoms with E-state index in [2.05, 4.69) is 5.32 Å². The van der Waals surface area contributed by atoms with Gasteiger partial charge in [0.25, 0.3) is 5.91 Å². The van der Waals surface area contributed by atoms with E-state index in [0.29, 0.717) is 16.5 Å². The van der Waals surface area contributed by atoms with Crippen LogP contribution in [-0.2, 0) is 11.3 Å². The molecule has 1 amide bonds. The lowest BCUT2D eigenvalue weighted by Gasteiger charge is -2.14. The van der Waals surface area contributed by atoms with Gasteiger partial charge in [0.2, 0.25) is 0 Å². The molecule has 0 spiro atoms. The molecule has 0 radical (unpaired) electrons. The SMILES string of the molecule is COc1cc(Cl)c(CNC(=O)COc2c(C)cccc2C)cc1OC. The minimum Gasteiger partial charge on any atom is -0.493 e. The highest BCUT2D eigenvalue weighted by atomic mass is 35.5. The molecule has 25 heavy (non-hydrogen) atoms. The predicted molar refractivity (Wildman–Crippen MR) is 97.8 cm³/mol. The lowest BCUT2D eigenvalue weighted by Crippen LogP contribution is -2.28. The number of aryl methyl sites for hydroxylation is 2. The zero-order chi connectivity index (χ0) is 18.4. The molecule has 0 saturated carbocycles. The van der Waals surface area contributed by atoms with Gasteiger partial charge in [-0.3, -0.25) is 4.79 Å². The van der Waals surface area contributed by atoms with Crippen molar-refractivity contribution >= 4 is 17.5 Å². The van der Waals surface area contributed by atoms with E-state index < -0.39 is 0 Å². The van der Waals surface area contributed by atoms with Crippen LogP contribution in [0.1, 0.15) is 16.7 Å². The topological polar surface area (TPSA) is 56.8 Å². The first-order valence-electron chi connectivity index (χ1n) is 7.82. The Morgan fingerprint density at radius 1 is 1.08 bits per heavy atom. The molecular formula is C19H22ClNO4. The van der Waals surface area contributed by atoms with Gasteiger partial charge in [0.05, 0.1) is 14.2 Å². The summed E-state index contributed by atoms with van der Waals surface area (Å²) >= 11 is 6.22. The minimum absolute atomic E-state index is 0.0589. The van der Waals surface area contributed by atoms with E-state index >= 15 is 0 Å². The van der Waals surface area contributed by atoms with Crippen molar-refractivity contribution in [2.75, 3.05) is 20.8 Å². The van der Waals surface area contributed by atoms with E-state index in [1.54, 1.807) is 26.4 Å². The third-order valence-electron chi connectivity index (χ3n) is 3.78. The number of hydrogen-bond acceptors (Lipinski definition) is 4. The molecule has 2 rings (SSSR count). The van der Waals surface area contributed by atoms with Crippen LogP contribution < -0.4 is 19.5 Å². The van der Waals surface area contributed by atoms with Crippen LogP contribution in [0.5, 0.6) is 17.2 Å². The molecule has 0 aliphatic heterocycles. The number of benzene rings is 2. The Kier molecular flexibility index (Phi) is 6.53. The van der Waals surface area contributed by atoms with Gasteiger partial charge in [-0.05, 0) is 36.6 Å². The van der Waals surface area contributed by atoms with Crippen LogP contribution in [0.2, 0.25) is 5.02 Å². The maximum atomic E-state index is 12.1. The summed E-state index contributed by atoms with van der Waals surface area (Å²) in [5.74, 6) is 1.61. The number of carbonyl (C=O) groups excluding carboxylic acids is 1. The van der Waals surface area contributed by atoms with E-state index in [9.17, 15) is 4.79 Å². The number of nitrogens with one attached hydrogen (secondary N) is 1. The molecule has 0 atom stereocenters. The van der Waals surface area contributed by atoms with Crippen LogP contribution in [0, 0.1) is 13.8 Å². The van der Waals surface area contributed by atoms with Gasteiger partial charge in [0, 0.05) is 17.6 Å². The zero-order valence-corrected chi connectivity index (χ0v) is 15.6. The van der Waals surface area contributed by atoms with Crippen molar-refractivity contribution < 1.29 is 19.0 Å². The summed E-state index contributed by atoms with van der Waals surface area (Å²) < 4.78 is 16.1. The van der Waals surface area contributed by atoms with Crippen molar-refractivity contribution in [2.45, 2.75) is 20.4 Å². The molecule has 0 unspecified atom stereocenters. The normalized spacial score (nSPS) is 10.3. The van der Waals surface area contributed by atoms with E-state index in [0.717, 1.165) is 22.4 Å². The average molecular weight is 364 g/mol. The molecule has 0 heterocycles. The summed E-state index contributed by atoms with van der Waals surface area (Å²) in [7, 11) is 3.09. The molecule has 0 saturated heterocycles. The molecule has 0 aromatic heterocycles. The van der Waals surface area contributed by atoms with Crippen LogP contribution in [0.15, 0.2) is 30.3 Å². The Morgan fingerprint density at radius 3 is 2.28 bits per heavy atom. The Morgan fingerprint density at radius 2 is 1.68 bits per heavy atom. The summed E-state index contributed by atoms with van der Waals surface area (Å²) in [6.07, 6.45) is 0. The first-order chi connectivity index (χ1) is 12.0. The largest absolute Gasteiger partial charge is 0.493 e. The number of ether oxygens (including phenoxy) is 3. The molecule has 1 N–H and O–H groups in total. The molecular weight excluding hydrogens is 342 g/mol. The number of amides is 1. The highest BCUT2D eigenvalue weighted by Crippen LogP contribution is 2.33. The predicted octanol–water partition coefficient (Wildman–Crippen LogP) is 3.67. The number of carbonyl (C=O) groups is 1. The lowest BCUT2D eigenvalue weighted by atomic mass is 10.1. The number of hydrogen-bond donors (Lipinski definition) is 1. The van der Waals surface area contributed by atoms with E-state index in [-0.39, 0.29) is 19.1 Å². The molecule has 134 valence electrons. The third-order valence-corrected chi connectivity index (χ3v) is 4.14. The number of rotatable bonds is 7. The lowest BCUT2D eigenvalue weighted by molar-refractivity contribution is -0.123. The fourth-order valence-electron chi connectivity index (χ4n) is 2.44. The van der Waals surface area contributed by atoms with Crippen molar-refractivity contribution in [3.05, 3.63) is 52.0 Å². The van der Waals surface area contributed by atoms with Gasteiger partial charge in [-0.15, -0.1) is 0 Å². The Balaban J connectivity index is 1.96. The van der Waals surface area contributed by atoms with Gasteiger partial charge in [-0.2, -0.15) is 0 Å². The number of halogens is 1. The van der Waals surface area contributed by atoms with Gasteiger partial charge < -0.3 is 19.5 Å². The third kappa shape index (κ3) is 4.79. The summed E-state index contributed by atoms with van der Waals surface area (Å²) in [6.45, 7) is 4.11. The monoisotopic (exact) mass is 363 g/mol. The highest BCUT2D eigenvalue weighted by Gasteiger charge is 2.12. The van der Waals surface area contributed by atoms with Gasteiger partial charge >= 0.3 is 0 Å². The van der Waals surface area contributed by atoms with Crippen LogP contribution in [0.4, 0.5) is 0 Å². The highest BCUT2D eigenvalue weighted by molar-refractivity contribution is 6.31. The molecule has 6 heteroatoms. The fourth-order valence-corrected chi connectivity index (χ4v) is 2.66. The quantitative estimate of drug-likeness (QED) is 0.815. The van der Waals surface area contributed by atoms with Crippen LogP contribution >= 0.6 is 11.6 Å². The Hall–Kier alpha value is -2.40. The van der Waals surface area contributed by atoms with Crippen molar-refractivity contribution in [1.29, 1.82) is 0 Å². The Bertz CT molecular complexity index is 741. The second-order valence-corrected chi connectivity index (χ2v) is 5.99. The maximum absolute atomic E-state index is 12.1. The molecule has 2 aromatic rings. The molecule has 5 nitrogen and oxygen atoms in total. The second-order valence-electron chi connectivity index (χ2n) is 5.58. The zero-order valence-electron chi connectivity index (χ0n) is 14.8. The fraction of sp³-hybridized carbons (Fsp3) is 0.316. The smallest absolute Gasteiger partial charge is 0.258 e. The van der Waals surface area contributed by atoms with Crippen molar-refractivity contribution in [2.24, 2.45) is 0 Å². The number of methoxy groups -OCH3 is 2. The van der Waals surface area contributed by atoms with Crippen LogP contribution in [0.25, 0.3) is 0 Å².